The first kappa shape index (κ1) is 19.7. The lowest BCUT2D eigenvalue weighted by molar-refractivity contribution is -0.121. The van der Waals surface area contributed by atoms with Gasteiger partial charge in [0, 0.05) is 35.9 Å². The van der Waals surface area contributed by atoms with E-state index in [4.69, 9.17) is 0 Å². The van der Waals surface area contributed by atoms with Crippen LogP contribution in [0.1, 0.15) is 12.8 Å². The second kappa shape index (κ2) is 9.27. The third-order valence-corrected chi connectivity index (χ3v) is 5.45. The molecule has 2 N–H and O–H groups in total. The van der Waals surface area contributed by atoms with Crippen molar-refractivity contribution in [1.82, 2.24) is 4.90 Å². The summed E-state index contributed by atoms with van der Waals surface area (Å²) >= 11 is 0. The summed E-state index contributed by atoms with van der Waals surface area (Å²) < 4.78 is 0. The molecule has 4 rings (SSSR count). The fraction of sp³-hybridized carbons (Fsp3) is 0.200. The number of piperidine rings is 1. The van der Waals surface area contributed by atoms with E-state index in [1.54, 1.807) is 4.90 Å². The third kappa shape index (κ3) is 4.69. The number of hydrogen-bond donors (Lipinski definition) is 2. The largest absolute Gasteiger partial charge is 0.325 e. The first-order valence-electron chi connectivity index (χ1n) is 10.3. The molecule has 5 nitrogen and oxygen atoms in total. The van der Waals surface area contributed by atoms with Crippen LogP contribution in [-0.4, -0.2) is 29.9 Å². The van der Waals surface area contributed by atoms with Crippen LogP contribution in [0, 0.1) is 5.92 Å². The van der Waals surface area contributed by atoms with Crippen LogP contribution >= 0.6 is 0 Å². The summed E-state index contributed by atoms with van der Waals surface area (Å²) in [5.74, 6) is -0.0869. The molecule has 5 heteroatoms. The topological polar surface area (TPSA) is 61.4 Å². The number of anilines is 2. The van der Waals surface area contributed by atoms with Gasteiger partial charge in [0.1, 0.15) is 0 Å². The normalized spacial score (nSPS) is 14.2. The number of amides is 3. The minimum absolute atomic E-state index is 0.0153. The average molecular weight is 399 g/mol. The zero-order valence-electron chi connectivity index (χ0n) is 16.8. The van der Waals surface area contributed by atoms with E-state index in [0.29, 0.717) is 25.9 Å². The first-order valence-corrected chi connectivity index (χ1v) is 10.3. The number of rotatable bonds is 4. The van der Waals surface area contributed by atoms with Gasteiger partial charge in [0.05, 0.1) is 0 Å². The molecule has 1 saturated heterocycles. The molecule has 30 heavy (non-hydrogen) atoms. The minimum atomic E-state index is -0.116. The summed E-state index contributed by atoms with van der Waals surface area (Å²) in [7, 11) is 0. The summed E-state index contributed by atoms with van der Waals surface area (Å²) in [4.78, 5) is 27.1. The lowest BCUT2D eigenvalue weighted by atomic mass is 9.95. The van der Waals surface area contributed by atoms with E-state index >= 15 is 0 Å². The summed E-state index contributed by atoms with van der Waals surface area (Å²) in [5, 5.41) is 6.01. The molecule has 0 aliphatic carbocycles. The van der Waals surface area contributed by atoms with Crippen LogP contribution in [0.25, 0.3) is 11.1 Å². The fourth-order valence-corrected chi connectivity index (χ4v) is 3.77. The highest BCUT2D eigenvalue weighted by molar-refractivity contribution is 5.97. The predicted octanol–water partition coefficient (Wildman–Crippen LogP) is 5.24. The van der Waals surface area contributed by atoms with Gasteiger partial charge in [0.2, 0.25) is 5.91 Å². The van der Waals surface area contributed by atoms with Crippen LogP contribution in [-0.2, 0) is 4.79 Å². The van der Waals surface area contributed by atoms with Gasteiger partial charge in [-0.15, -0.1) is 0 Å². The van der Waals surface area contributed by atoms with Gasteiger partial charge < -0.3 is 15.5 Å². The number of likely N-dealkylation sites (tertiary alicyclic amines) is 1. The number of hydrogen-bond acceptors (Lipinski definition) is 2. The molecule has 1 aliphatic rings. The number of urea groups is 1. The number of benzene rings is 3. The van der Waals surface area contributed by atoms with Gasteiger partial charge in [0.25, 0.3) is 0 Å². The summed E-state index contributed by atoms with van der Waals surface area (Å²) in [6.07, 6.45) is 1.31. The molecule has 1 fully saturated rings. The average Bonchev–Trinajstić information content (AvgIpc) is 2.81. The Bertz CT molecular complexity index is 997. The number of nitrogens with zero attached hydrogens (tertiary/aromatic N) is 1. The highest BCUT2D eigenvalue weighted by Gasteiger charge is 2.27. The zero-order chi connectivity index (χ0) is 20.8. The monoisotopic (exact) mass is 399 g/mol. The van der Waals surface area contributed by atoms with E-state index in [0.717, 1.165) is 22.5 Å². The van der Waals surface area contributed by atoms with Gasteiger partial charge in [-0.3, -0.25) is 4.79 Å². The van der Waals surface area contributed by atoms with Crippen LogP contribution < -0.4 is 10.6 Å². The van der Waals surface area contributed by atoms with Gasteiger partial charge in [0.15, 0.2) is 0 Å². The van der Waals surface area contributed by atoms with E-state index in [1.165, 1.54) is 0 Å². The molecule has 3 aromatic carbocycles. The van der Waals surface area contributed by atoms with Crippen molar-refractivity contribution < 1.29 is 9.59 Å². The Labute approximate surface area is 176 Å². The Morgan fingerprint density at radius 2 is 1.33 bits per heavy atom. The SMILES string of the molecule is O=C(Nc1ccccc1-c1ccccc1)C1CCN(C(=O)Nc2ccccc2)CC1. The van der Waals surface area contributed by atoms with Crippen molar-refractivity contribution in [1.29, 1.82) is 0 Å². The van der Waals surface area contributed by atoms with Crippen LogP contribution in [0.15, 0.2) is 84.9 Å². The Balaban J connectivity index is 1.35. The molecule has 152 valence electrons. The number of carbonyl (C=O) groups is 2. The second-order valence-corrected chi connectivity index (χ2v) is 7.46. The van der Waals surface area contributed by atoms with Gasteiger partial charge in [-0.05, 0) is 36.6 Å². The van der Waals surface area contributed by atoms with Crippen molar-refractivity contribution in [2.24, 2.45) is 5.92 Å². The van der Waals surface area contributed by atoms with E-state index in [9.17, 15) is 9.59 Å². The van der Waals surface area contributed by atoms with E-state index in [2.05, 4.69) is 10.6 Å². The molecule has 0 saturated carbocycles. The standard InChI is InChI=1S/C25H25N3O2/c29-24(27-23-14-8-7-13-22(23)19-9-3-1-4-10-19)20-15-17-28(18-16-20)25(30)26-21-11-5-2-6-12-21/h1-14,20H,15-18H2,(H,26,30)(H,27,29). The third-order valence-electron chi connectivity index (χ3n) is 5.45. The molecule has 0 aromatic heterocycles. The van der Waals surface area contributed by atoms with Crippen LogP contribution in [0.4, 0.5) is 16.2 Å². The molecule has 1 heterocycles. The van der Waals surface area contributed by atoms with Crippen molar-refractivity contribution in [2.75, 3.05) is 23.7 Å². The van der Waals surface area contributed by atoms with Crippen LogP contribution in [0.2, 0.25) is 0 Å². The smallest absolute Gasteiger partial charge is 0.321 e. The van der Waals surface area contributed by atoms with E-state index in [-0.39, 0.29) is 17.9 Å². The van der Waals surface area contributed by atoms with E-state index in [1.807, 2.05) is 84.9 Å². The van der Waals surface area contributed by atoms with Crippen molar-refractivity contribution in [3.8, 4) is 11.1 Å². The van der Waals surface area contributed by atoms with Crippen molar-refractivity contribution >= 4 is 23.3 Å². The molecule has 0 spiro atoms. The Hall–Kier alpha value is -3.60. The maximum absolute atomic E-state index is 12.9. The van der Waals surface area contributed by atoms with Crippen molar-refractivity contribution in [3.63, 3.8) is 0 Å². The molecule has 1 aliphatic heterocycles. The minimum Gasteiger partial charge on any atom is -0.325 e. The molecule has 0 atom stereocenters. The number of nitrogens with one attached hydrogen (secondary N) is 2. The van der Waals surface area contributed by atoms with Gasteiger partial charge in [-0.25, -0.2) is 4.79 Å². The number of para-hydroxylation sites is 2. The highest BCUT2D eigenvalue weighted by atomic mass is 16.2. The van der Waals surface area contributed by atoms with Crippen LogP contribution in [0.3, 0.4) is 0 Å². The number of carbonyl (C=O) groups excluding carboxylic acids is 2. The van der Waals surface area contributed by atoms with E-state index < -0.39 is 0 Å². The molecule has 0 radical (unpaired) electrons. The molecule has 3 amide bonds. The molecule has 0 unspecified atom stereocenters. The van der Waals surface area contributed by atoms with Gasteiger partial charge in [-0.1, -0.05) is 66.7 Å². The fourth-order valence-electron chi connectivity index (χ4n) is 3.77. The lowest BCUT2D eigenvalue weighted by Gasteiger charge is -2.31. The Morgan fingerprint density at radius 3 is 2.03 bits per heavy atom. The Kier molecular flexibility index (Phi) is 6.09. The molecular weight excluding hydrogens is 374 g/mol. The molecule has 0 bridgehead atoms. The predicted molar refractivity (Wildman–Crippen MR) is 120 cm³/mol. The first-order chi connectivity index (χ1) is 14.7. The van der Waals surface area contributed by atoms with Gasteiger partial charge >= 0.3 is 6.03 Å². The second-order valence-electron chi connectivity index (χ2n) is 7.46. The molecule has 3 aromatic rings. The summed E-state index contributed by atoms with van der Waals surface area (Å²) in [5.41, 5.74) is 3.67. The highest BCUT2D eigenvalue weighted by Crippen LogP contribution is 2.29. The maximum atomic E-state index is 12.9. The van der Waals surface area contributed by atoms with Crippen molar-refractivity contribution in [3.05, 3.63) is 84.9 Å². The van der Waals surface area contributed by atoms with Gasteiger partial charge in [-0.2, -0.15) is 0 Å². The summed E-state index contributed by atoms with van der Waals surface area (Å²) in [6.45, 7) is 1.13. The van der Waals surface area contributed by atoms with Crippen molar-refractivity contribution in [2.45, 2.75) is 12.8 Å². The Morgan fingerprint density at radius 1 is 0.733 bits per heavy atom. The lowest BCUT2D eigenvalue weighted by Crippen LogP contribution is -2.43. The quantitative estimate of drug-likeness (QED) is 0.630. The molecular formula is C25H25N3O2. The zero-order valence-corrected chi connectivity index (χ0v) is 16.8. The summed E-state index contributed by atoms with van der Waals surface area (Å²) in [6, 6.07) is 27.2. The maximum Gasteiger partial charge on any atom is 0.321 e. The van der Waals surface area contributed by atoms with Crippen LogP contribution in [0.5, 0.6) is 0 Å².